The van der Waals surface area contributed by atoms with Crippen LogP contribution < -0.4 is 5.32 Å². The monoisotopic (exact) mass is 439 g/mol. The molecular formula is C25H33N3O4. The largest absolute Gasteiger partial charge is 0.462 e. The van der Waals surface area contributed by atoms with Gasteiger partial charge in [-0.1, -0.05) is 29.8 Å². The van der Waals surface area contributed by atoms with Gasteiger partial charge in [0, 0.05) is 31.7 Å². The van der Waals surface area contributed by atoms with E-state index in [2.05, 4.69) is 10.3 Å². The molecule has 1 aliphatic rings. The van der Waals surface area contributed by atoms with Crippen molar-refractivity contribution in [1.29, 1.82) is 0 Å². The van der Waals surface area contributed by atoms with E-state index in [1.165, 1.54) is 5.56 Å². The minimum absolute atomic E-state index is 0.0465. The average Bonchev–Trinajstić information content (AvgIpc) is 3.07. The van der Waals surface area contributed by atoms with Gasteiger partial charge in [0.1, 0.15) is 5.69 Å². The summed E-state index contributed by atoms with van der Waals surface area (Å²) in [4.78, 5) is 42.5. The lowest BCUT2D eigenvalue weighted by atomic mass is 9.93. The number of hydrogen-bond acceptors (Lipinski definition) is 4. The highest BCUT2D eigenvalue weighted by Crippen LogP contribution is 2.25. The van der Waals surface area contributed by atoms with Crippen molar-refractivity contribution in [3.05, 3.63) is 57.9 Å². The number of aromatic nitrogens is 1. The van der Waals surface area contributed by atoms with E-state index < -0.39 is 5.97 Å². The van der Waals surface area contributed by atoms with Crippen LogP contribution in [0.2, 0.25) is 0 Å². The SMILES string of the molecule is CCOC(=O)c1c(C)[nH]c(C(=O)N2CCC(CC(=O)NCc3ccc(C)cc3)CC2)c1C. The smallest absolute Gasteiger partial charge is 0.340 e. The van der Waals surface area contributed by atoms with E-state index in [0.29, 0.717) is 48.6 Å². The molecular weight excluding hydrogens is 406 g/mol. The molecule has 2 N–H and O–H groups in total. The van der Waals surface area contributed by atoms with Gasteiger partial charge in [0.2, 0.25) is 5.91 Å². The molecule has 0 bridgehead atoms. The molecule has 0 aliphatic carbocycles. The van der Waals surface area contributed by atoms with Gasteiger partial charge in [-0.3, -0.25) is 9.59 Å². The van der Waals surface area contributed by atoms with Crippen molar-refractivity contribution in [2.24, 2.45) is 5.92 Å². The number of esters is 1. The summed E-state index contributed by atoms with van der Waals surface area (Å²) in [6.45, 7) is 9.36. The topological polar surface area (TPSA) is 91.5 Å². The molecule has 0 saturated carbocycles. The first kappa shape index (κ1) is 23.6. The highest BCUT2D eigenvalue weighted by molar-refractivity contribution is 6.00. The van der Waals surface area contributed by atoms with Crippen LogP contribution in [0.25, 0.3) is 0 Å². The van der Waals surface area contributed by atoms with E-state index in [0.717, 1.165) is 18.4 Å². The molecule has 0 unspecified atom stereocenters. The maximum atomic E-state index is 13.0. The van der Waals surface area contributed by atoms with E-state index in [-0.39, 0.29) is 24.3 Å². The summed E-state index contributed by atoms with van der Waals surface area (Å²) in [6, 6.07) is 8.13. The minimum Gasteiger partial charge on any atom is -0.462 e. The highest BCUT2D eigenvalue weighted by Gasteiger charge is 2.29. The number of hydrogen-bond donors (Lipinski definition) is 2. The molecule has 1 saturated heterocycles. The fraction of sp³-hybridized carbons (Fsp3) is 0.480. The summed E-state index contributed by atoms with van der Waals surface area (Å²) in [5.74, 6) is -0.208. The number of piperidine rings is 1. The number of H-pyrrole nitrogens is 1. The van der Waals surface area contributed by atoms with Crippen molar-refractivity contribution in [2.75, 3.05) is 19.7 Å². The molecule has 1 aromatic carbocycles. The Labute approximate surface area is 189 Å². The predicted molar refractivity (Wildman–Crippen MR) is 122 cm³/mol. The van der Waals surface area contributed by atoms with Gasteiger partial charge in [-0.15, -0.1) is 0 Å². The van der Waals surface area contributed by atoms with E-state index in [9.17, 15) is 14.4 Å². The number of nitrogens with zero attached hydrogens (tertiary/aromatic N) is 1. The molecule has 3 rings (SSSR count). The first-order valence-electron chi connectivity index (χ1n) is 11.3. The molecule has 2 aromatic rings. The molecule has 7 nitrogen and oxygen atoms in total. The molecule has 1 aliphatic heterocycles. The van der Waals surface area contributed by atoms with Crippen LogP contribution in [0.5, 0.6) is 0 Å². The Morgan fingerprint density at radius 2 is 1.75 bits per heavy atom. The van der Waals surface area contributed by atoms with Crippen LogP contribution in [0.3, 0.4) is 0 Å². The molecule has 1 aromatic heterocycles. The normalized spacial score (nSPS) is 14.3. The number of aromatic amines is 1. The molecule has 2 amide bonds. The third-order valence-corrected chi connectivity index (χ3v) is 6.12. The second-order valence-electron chi connectivity index (χ2n) is 8.55. The summed E-state index contributed by atoms with van der Waals surface area (Å²) < 4.78 is 5.11. The number of carbonyl (C=O) groups is 3. The fourth-order valence-electron chi connectivity index (χ4n) is 4.21. The van der Waals surface area contributed by atoms with Crippen LogP contribution in [0.4, 0.5) is 0 Å². The average molecular weight is 440 g/mol. The van der Waals surface area contributed by atoms with Gasteiger partial charge >= 0.3 is 5.97 Å². The van der Waals surface area contributed by atoms with Crippen LogP contribution in [-0.2, 0) is 16.1 Å². The first-order valence-corrected chi connectivity index (χ1v) is 11.3. The molecule has 0 radical (unpaired) electrons. The number of carbonyl (C=O) groups excluding carboxylic acids is 3. The van der Waals surface area contributed by atoms with Gasteiger partial charge in [-0.25, -0.2) is 4.79 Å². The molecule has 1 fully saturated rings. The van der Waals surface area contributed by atoms with Gasteiger partial charge in [0.15, 0.2) is 0 Å². The maximum absolute atomic E-state index is 13.0. The summed E-state index contributed by atoms with van der Waals surface area (Å²) in [6.07, 6.45) is 2.04. The Bertz CT molecular complexity index is 970. The van der Waals surface area contributed by atoms with Crippen LogP contribution >= 0.6 is 0 Å². The number of rotatable bonds is 7. The maximum Gasteiger partial charge on any atom is 0.340 e. The molecule has 7 heteroatoms. The second kappa shape index (κ2) is 10.5. The summed E-state index contributed by atoms with van der Waals surface area (Å²) in [7, 11) is 0. The van der Waals surface area contributed by atoms with Crippen molar-refractivity contribution in [1.82, 2.24) is 15.2 Å². The van der Waals surface area contributed by atoms with Crippen LogP contribution in [-0.4, -0.2) is 47.4 Å². The number of benzene rings is 1. The Morgan fingerprint density at radius 1 is 1.09 bits per heavy atom. The van der Waals surface area contributed by atoms with E-state index >= 15 is 0 Å². The molecule has 0 spiro atoms. The zero-order valence-electron chi connectivity index (χ0n) is 19.4. The lowest BCUT2D eigenvalue weighted by Crippen LogP contribution is -2.40. The van der Waals surface area contributed by atoms with Crippen molar-refractivity contribution in [3.8, 4) is 0 Å². The van der Waals surface area contributed by atoms with Gasteiger partial charge in [0.25, 0.3) is 5.91 Å². The summed E-state index contributed by atoms with van der Waals surface area (Å²) in [5, 5.41) is 2.99. The lowest BCUT2D eigenvalue weighted by molar-refractivity contribution is -0.122. The van der Waals surface area contributed by atoms with Crippen molar-refractivity contribution in [3.63, 3.8) is 0 Å². The summed E-state index contributed by atoms with van der Waals surface area (Å²) in [5.41, 5.74) is 4.44. The van der Waals surface area contributed by atoms with Crippen LogP contribution in [0, 0.1) is 26.7 Å². The number of aryl methyl sites for hydroxylation is 2. The number of amides is 2. The molecule has 0 atom stereocenters. The van der Waals surface area contributed by atoms with Crippen LogP contribution in [0.1, 0.15) is 69.4 Å². The zero-order chi connectivity index (χ0) is 23.3. The molecule has 32 heavy (non-hydrogen) atoms. The Hall–Kier alpha value is -3.09. The third kappa shape index (κ3) is 5.58. The number of ether oxygens (including phenoxy) is 1. The fourth-order valence-corrected chi connectivity index (χ4v) is 4.21. The quantitative estimate of drug-likeness (QED) is 0.644. The predicted octanol–water partition coefficient (Wildman–Crippen LogP) is 3.68. The van der Waals surface area contributed by atoms with Crippen molar-refractivity contribution in [2.45, 2.75) is 53.5 Å². The minimum atomic E-state index is -0.409. The molecule has 172 valence electrons. The van der Waals surface area contributed by atoms with E-state index in [1.54, 1.807) is 25.7 Å². The van der Waals surface area contributed by atoms with E-state index in [4.69, 9.17) is 4.74 Å². The zero-order valence-corrected chi connectivity index (χ0v) is 19.4. The van der Waals surface area contributed by atoms with Crippen molar-refractivity contribution < 1.29 is 19.1 Å². The Kier molecular flexibility index (Phi) is 7.72. The summed E-state index contributed by atoms with van der Waals surface area (Å²) >= 11 is 0. The van der Waals surface area contributed by atoms with Gasteiger partial charge < -0.3 is 19.9 Å². The van der Waals surface area contributed by atoms with E-state index in [1.807, 2.05) is 31.2 Å². The highest BCUT2D eigenvalue weighted by atomic mass is 16.5. The van der Waals surface area contributed by atoms with Gasteiger partial charge in [-0.05, 0) is 57.6 Å². The number of likely N-dealkylation sites (tertiary alicyclic amines) is 1. The Morgan fingerprint density at radius 3 is 2.38 bits per heavy atom. The molecule has 2 heterocycles. The first-order chi connectivity index (χ1) is 15.3. The number of nitrogens with one attached hydrogen (secondary N) is 2. The second-order valence-corrected chi connectivity index (χ2v) is 8.55. The van der Waals surface area contributed by atoms with Gasteiger partial charge in [0.05, 0.1) is 12.2 Å². The van der Waals surface area contributed by atoms with Gasteiger partial charge in [-0.2, -0.15) is 0 Å². The third-order valence-electron chi connectivity index (χ3n) is 6.12. The van der Waals surface area contributed by atoms with Crippen LogP contribution in [0.15, 0.2) is 24.3 Å². The lowest BCUT2D eigenvalue weighted by Gasteiger charge is -2.31. The van der Waals surface area contributed by atoms with Crippen molar-refractivity contribution >= 4 is 17.8 Å². The standard InChI is InChI=1S/C25H33N3O4/c1-5-32-25(31)22-17(3)23(27-18(22)4)24(30)28-12-10-19(11-13-28)14-21(29)26-15-20-8-6-16(2)7-9-20/h6-9,19,27H,5,10-15H2,1-4H3,(H,26,29). The Balaban J connectivity index is 1.50.